The maximum atomic E-state index is 12.6. The molecular weight excluding hydrogens is 713 g/mol. The van der Waals surface area contributed by atoms with Crippen LogP contribution >= 0.6 is 7.82 Å². The van der Waals surface area contributed by atoms with E-state index in [1.807, 2.05) is 0 Å². The van der Waals surface area contributed by atoms with Gasteiger partial charge in [-0.25, -0.2) is 4.57 Å². The van der Waals surface area contributed by atoms with E-state index >= 15 is 0 Å². The minimum absolute atomic E-state index is 0.0601. The van der Waals surface area contributed by atoms with Gasteiger partial charge in [0.1, 0.15) is 6.61 Å². The molecule has 0 aromatic carbocycles. The molecule has 2 unspecified atom stereocenters. The first-order valence-corrected chi connectivity index (χ1v) is 25.0. The van der Waals surface area contributed by atoms with Crippen LogP contribution in [0.5, 0.6) is 0 Å². The summed E-state index contributed by atoms with van der Waals surface area (Å²) in [6, 6.07) is 0. The number of hydrogen-bond donors (Lipinski definition) is 2. The lowest BCUT2D eigenvalue weighted by Gasteiger charge is -2.21. The highest BCUT2D eigenvalue weighted by atomic mass is 31.2. The number of carbonyl (C=O) groups excluding carboxylic acids is 2. The Balaban J connectivity index is 1.47. The summed E-state index contributed by atoms with van der Waals surface area (Å²) in [5.74, 6) is 1.22. The maximum Gasteiger partial charge on any atom is 0.472 e. The van der Waals surface area contributed by atoms with Crippen LogP contribution in [0.2, 0.25) is 0 Å². The molecule has 0 aromatic heterocycles. The average molecular weight is 800 g/mol. The molecule has 9 nitrogen and oxygen atoms in total. The summed E-state index contributed by atoms with van der Waals surface area (Å²) in [4.78, 5) is 35.0. The molecule has 2 fully saturated rings. The van der Waals surface area contributed by atoms with Crippen molar-refractivity contribution in [3.8, 4) is 0 Å². The lowest BCUT2D eigenvalue weighted by Crippen LogP contribution is -2.29. The third-order valence-corrected chi connectivity index (χ3v) is 12.9. The second-order valence-electron chi connectivity index (χ2n) is 17.0. The number of phosphoric ester groups is 1. The van der Waals surface area contributed by atoms with Gasteiger partial charge in [0.05, 0.1) is 13.2 Å². The van der Waals surface area contributed by atoms with E-state index in [4.69, 9.17) is 24.3 Å². The Morgan fingerprint density at radius 2 is 0.909 bits per heavy atom. The van der Waals surface area contributed by atoms with Crippen molar-refractivity contribution in [3.63, 3.8) is 0 Å². The molecule has 2 rings (SSSR count). The number of ether oxygens (including phenoxy) is 2. The van der Waals surface area contributed by atoms with Crippen molar-refractivity contribution < 1.29 is 37.6 Å². The first-order chi connectivity index (χ1) is 26.9. The van der Waals surface area contributed by atoms with Crippen LogP contribution in [0.15, 0.2) is 0 Å². The van der Waals surface area contributed by atoms with Crippen LogP contribution in [-0.4, -0.2) is 49.3 Å². The molecule has 0 amide bonds. The highest BCUT2D eigenvalue weighted by Crippen LogP contribution is 2.43. The zero-order chi connectivity index (χ0) is 39.5. The monoisotopic (exact) mass is 800 g/mol. The molecule has 0 saturated heterocycles. The van der Waals surface area contributed by atoms with Crippen molar-refractivity contribution in [2.24, 2.45) is 17.6 Å². The van der Waals surface area contributed by atoms with Gasteiger partial charge in [0.15, 0.2) is 6.10 Å². The molecule has 10 heteroatoms. The summed E-state index contributed by atoms with van der Waals surface area (Å²) in [7, 11) is -4.37. The summed E-state index contributed by atoms with van der Waals surface area (Å²) in [5, 5.41) is 0. The summed E-state index contributed by atoms with van der Waals surface area (Å²) >= 11 is 0. The van der Waals surface area contributed by atoms with Crippen molar-refractivity contribution in [3.05, 3.63) is 0 Å². The standard InChI is InChI=1S/C45H86NO8P/c46-37-38-52-55(49,50)53-40-43(54-45(48)36-28-18-14-10-6-2-4-8-12-16-22-30-42-33-25-20-26-34-42)39-51-44(47)35-27-17-13-9-5-1-3-7-11-15-21-29-41-31-23-19-24-32-41/h41-43H,1-40,46H2,(H,49,50). The third-order valence-electron chi connectivity index (χ3n) is 12.0. The van der Waals surface area contributed by atoms with E-state index in [2.05, 4.69) is 0 Å². The molecule has 55 heavy (non-hydrogen) atoms. The third kappa shape index (κ3) is 30.7. The molecule has 0 aromatic rings. The molecule has 0 heterocycles. The number of unbranched alkanes of at least 4 members (excludes halogenated alkanes) is 20. The maximum absolute atomic E-state index is 12.6. The van der Waals surface area contributed by atoms with Gasteiger partial charge in [0.2, 0.25) is 0 Å². The molecule has 0 bridgehead atoms. The molecule has 324 valence electrons. The van der Waals surface area contributed by atoms with Crippen LogP contribution in [0.3, 0.4) is 0 Å². The van der Waals surface area contributed by atoms with Crippen LogP contribution in [0.25, 0.3) is 0 Å². The van der Waals surface area contributed by atoms with Crippen molar-refractivity contribution >= 4 is 19.8 Å². The van der Waals surface area contributed by atoms with E-state index < -0.39 is 26.5 Å². The van der Waals surface area contributed by atoms with Crippen molar-refractivity contribution in [2.45, 2.75) is 237 Å². The minimum Gasteiger partial charge on any atom is -0.462 e. The molecule has 3 N–H and O–H groups in total. The van der Waals surface area contributed by atoms with Crippen molar-refractivity contribution in [2.75, 3.05) is 26.4 Å². The van der Waals surface area contributed by atoms with E-state index in [0.29, 0.717) is 12.8 Å². The predicted octanol–water partition coefficient (Wildman–Crippen LogP) is 12.8. The highest BCUT2D eigenvalue weighted by Gasteiger charge is 2.26. The number of nitrogens with two attached hydrogens (primary N) is 1. The van der Waals surface area contributed by atoms with Gasteiger partial charge in [-0.05, 0) is 24.7 Å². The van der Waals surface area contributed by atoms with E-state index in [1.165, 1.54) is 180 Å². The zero-order valence-corrected chi connectivity index (χ0v) is 36.2. The lowest BCUT2D eigenvalue weighted by molar-refractivity contribution is -0.161. The van der Waals surface area contributed by atoms with Crippen LogP contribution in [0.1, 0.15) is 231 Å². The largest absolute Gasteiger partial charge is 0.472 e. The molecule has 2 aliphatic carbocycles. The quantitative estimate of drug-likeness (QED) is 0.0358. The summed E-state index contributed by atoms with van der Waals surface area (Å²) in [5.41, 5.74) is 5.36. The second-order valence-corrected chi connectivity index (χ2v) is 18.5. The number of rotatable bonds is 37. The number of carbonyl (C=O) groups is 2. The van der Waals surface area contributed by atoms with E-state index in [9.17, 15) is 19.0 Å². The Labute approximate surface area is 337 Å². The molecule has 2 saturated carbocycles. The fourth-order valence-electron chi connectivity index (χ4n) is 8.54. The van der Waals surface area contributed by atoms with E-state index in [-0.39, 0.29) is 32.1 Å². The molecule has 0 spiro atoms. The Morgan fingerprint density at radius 1 is 0.527 bits per heavy atom. The summed E-state index contributed by atoms with van der Waals surface area (Å²) in [6.07, 6.45) is 43.8. The van der Waals surface area contributed by atoms with E-state index in [0.717, 1.165) is 43.9 Å². The smallest absolute Gasteiger partial charge is 0.462 e. The van der Waals surface area contributed by atoms with Crippen molar-refractivity contribution in [1.82, 2.24) is 0 Å². The van der Waals surface area contributed by atoms with Crippen LogP contribution in [0, 0.1) is 11.8 Å². The van der Waals surface area contributed by atoms with Gasteiger partial charge in [-0.3, -0.25) is 18.6 Å². The van der Waals surface area contributed by atoms with Gasteiger partial charge in [0, 0.05) is 19.4 Å². The lowest BCUT2D eigenvalue weighted by atomic mass is 9.85. The molecule has 0 radical (unpaired) electrons. The molecular formula is C45H86NO8P. The van der Waals surface area contributed by atoms with Crippen LogP contribution in [-0.2, 0) is 32.7 Å². The Hall–Kier alpha value is -0.990. The number of esters is 2. The van der Waals surface area contributed by atoms with Crippen LogP contribution in [0.4, 0.5) is 0 Å². The van der Waals surface area contributed by atoms with Gasteiger partial charge in [0.25, 0.3) is 0 Å². The zero-order valence-electron chi connectivity index (χ0n) is 35.3. The van der Waals surface area contributed by atoms with Gasteiger partial charge >= 0.3 is 19.8 Å². The average Bonchev–Trinajstić information content (AvgIpc) is 3.19. The number of phosphoric acid groups is 1. The van der Waals surface area contributed by atoms with Gasteiger partial charge in [-0.2, -0.15) is 0 Å². The predicted molar refractivity (Wildman–Crippen MR) is 225 cm³/mol. The van der Waals surface area contributed by atoms with Gasteiger partial charge < -0.3 is 20.1 Å². The van der Waals surface area contributed by atoms with Crippen LogP contribution < -0.4 is 5.73 Å². The Bertz CT molecular complexity index is 955. The number of hydrogen-bond acceptors (Lipinski definition) is 8. The topological polar surface area (TPSA) is 134 Å². The Kier molecular flexibility index (Phi) is 31.9. The SMILES string of the molecule is NCCOP(=O)(O)OCC(COC(=O)CCCCCCCCCCCCCC1CCCCC1)OC(=O)CCCCCCCCCCCCCC1CCCCC1. The first kappa shape index (κ1) is 50.2. The Morgan fingerprint density at radius 3 is 1.33 bits per heavy atom. The summed E-state index contributed by atoms with van der Waals surface area (Å²) in [6.45, 7) is -0.737. The minimum atomic E-state index is -4.37. The highest BCUT2D eigenvalue weighted by molar-refractivity contribution is 7.47. The fourth-order valence-corrected chi connectivity index (χ4v) is 9.31. The summed E-state index contributed by atoms with van der Waals surface area (Å²) < 4.78 is 32.9. The van der Waals surface area contributed by atoms with E-state index in [1.54, 1.807) is 0 Å². The molecule has 2 atom stereocenters. The molecule has 0 aliphatic heterocycles. The van der Waals surface area contributed by atoms with Crippen molar-refractivity contribution in [1.29, 1.82) is 0 Å². The molecule has 2 aliphatic rings. The first-order valence-electron chi connectivity index (χ1n) is 23.5. The van der Waals surface area contributed by atoms with Gasteiger partial charge in [-0.1, -0.05) is 205 Å². The fraction of sp³-hybridized carbons (Fsp3) is 0.956. The second kappa shape index (κ2) is 35.0. The van der Waals surface area contributed by atoms with Gasteiger partial charge in [-0.15, -0.1) is 0 Å². The normalized spacial score (nSPS) is 17.2.